The molecule has 0 saturated carbocycles. The molecule has 0 atom stereocenters. The van der Waals surface area contributed by atoms with Gasteiger partial charge in [-0.3, -0.25) is 0 Å². The smallest absolute Gasteiger partial charge is 0.160 e. The maximum Gasteiger partial charge on any atom is 0.160 e. The van der Waals surface area contributed by atoms with Crippen molar-refractivity contribution in [3.63, 3.8) is 0 Å². The number of rotatable bonds is 6. The van der Waals surface area contributed by atoms with E-state index in [1.165, 1.54) is 54.6 Å². The summed E-state index contributed by atoms with van der Waals surface area (Å²) in [6, 6.07) is 83.5. The Bertz CT molecular complexity index is 3900. The normalized spacial score (nSPS) is 11.8. The van der Waals surface area contributed by atoms with Gasteiger partial charge in [0.2, 0.25) is 0 Å². The van der Waals surface area contributed by atoms with Crippen molar-refractivity contribution < 1.29 is 4.42 Å². The fraction of sp³-hybridized carbons (Fsp3) is 0. The van der Waals surface area contributed by atoms with Crippen molar-refractivity contribution in [2.24, 2.45) is 0 Å². The zero-order chi connectivity index (χ0) is 41.4. The van der Waals surface area contributed by atoms with E-state index in [2.05, 4.69) is 240 Å². The number of benzene rings is 11. The van der Waals surface area contributed by atoms with Crippen LogP contribution in [0.15, 0.2) is 235 Å². The third-order valence-electron chi connectivity index (χ3n) is 12.9. The van der Waals surface area contributed by atoms with Crippen LogP contribution in [0.3, 0.4) is 0 Å². The van der Waals surface area contributed by atoms with Crippen LogP contribution in [0.25, 0.3) is 104 Å². The van der Waals surface area contributed by atoms with E-state index in [0.29, 0.717) is 0 Å². The van der Waals surface area contributed by atoms with Gasteiger partial charge in [-0.05, 0) is 110 Å². The van der Waals surface area contributed by atoms with Crippen LogP contribution in [0.1, 0.15) is 0 Å². The van der Waals surface area contributed by atoms with Gasteiger partial charge in [-0.15, -0.1) is 0 Å². The number of nitrogens with zero attached hydrogens (tertiary/aromatic N) is 2. The Morgan fingerprint density at radius 3 is 1.75 bits per heavy atom. The summed E-state index contributed by atoms with van der Waals surface area (Å²) >= 11 is 0. The molecule has 0 aliphatic heterocycles. The summed E-state index contributed by atoms with van der Waals surface area (Å²) < 4.78 is 9.38. The van der Waals surface area contributed by atoms with Gasteiger partial charge in [-0.1, -0.05) is 170 Å². The molecular formula is C60H38N2O. The van der Waals surface area contributed by atoms with Gasteiger partial charge in [0, 0.05) is 38.3 Å². The Morgan fingerprint density at radius 2 is 0.952 bits per heavy atom. The minimum Gasteiger partial charge on any atom is -0.454 e. The second-order valence-electron chi connectivity index (χ2n) is 16.4. The molecule has 2 aromatic heterocycles. The summed E-state index contributed by atoms with van der Waals surface area (Å²) in [6.45, 7) is 0. The molecule has 0 aliphatic carbocycles. The summed E-state index contributed by atoms with van der Waals surface area (Å²) in [6.07, 6.45) is 0. The maximum absolute atomic E-state index is 6.97. The molecule has 0 bridgehead atoms. The van der Waals surface area contributed by atoms with Crippen molar-refractivity contribution >= 4 is 93.1 Å². The Balaban J connectivity index is 1.08. The quantitative estimate of drug-likeness (QED) is 0.156. The largest absolute Gasteiger partial charge is 0.454 e. The first kappa shape index (κ1) is 35.4. The lowest BCUT2D eigenvalue weighted by atomic mass is 9.93. The van der Waals surface area contributed by atoms with Crippen LogP contribution in [-0.2, 0) is 0 Å². The number of fused-ring (bicyclic) bond motifs is 10. The highest BCUT2D eigenvalue weighted by Crippen LogP contribution is 2.50. The molecule has 0 radical (unpaired) electrons. The number of para-hydroxylation sites is 2. The Hall–Kier alpha value is -8.40. The van der Waals surface area contributed by atoms with Gasteiger partial charge in [0.15, 0.2) is 5.58 Å². The Kier molecular flexibility index (Phi) is 7.91. The monoisotopic (exact) mass is 802 g/mol. The van der Waals surface area contributed by atoms with Crippen LogP contribution in [0.5, 0.6) is 0 Å². The molecule has 0 spiro atoms. The minimum atomic E-state index is 0.858. The zero-order valence-corrected chi connectivity index (χ0v) is 34.2. The topological polar surface area (TPSA) is 21.3 Å². The van der Waals surface area contributed by atoms with Crippen molar-refractivity contribution in [3.8, 4) is 27.9 Å². The molecule has 0 aliphatic rings. The van der Waals surface area contributed by atoms with Crippen LogP contribution in [-0.4, -0.2) is 4.57 Å². The third-order valence-corrected chi connectivity index (χ3v) is 12.9. The van der Waals surface area contributed by atoms with Crippen LogP contribution in [0.2, 0.25) is 0 Å². The second kappa shape index (κ2) is 14.1. The highest BCUT2D eigenvalue weighted by atomic mass is 16.3. The zero-order valence-electron chi connectivity index (χ0n) is 34.2. The molecule has 0 fully saturated rings. The fourth-order valence-electron chi connectivity index (χ4n) is 10.1. The molecule has 13 rings (SSSR count). The van der Waals surface area contributed by atoms with Gasteiger partial charge in [0.1, 0.15) is 5.58 Å². The summed E-state index contributed by atoms with van der Waals surface area (Å²) in [5.74, 6) is 0. The van der Waals surface area contributed by atoms with Gasteiger partial charge < -0.3 is 13.9 Å². The second-order valence-corrected chi connectivity index (χ2v) is 16.4. The molecular weight excluding hydrogens is 765 g/mol. The predicted molar refractivity (Wildman–Crippen MR) is 266 cm³/mol. The van der Waals surface area contributed by atoms with E-state index in [1.54, 1.807) is 0 Å². The van der Waals surface area contributed by atoms with Crippen molar-refractivity contribution in [1.82, 2.24) is 4.57 Å². The lowest BCUT2D eigenvalue weighted by Gasteiger charge is -2.28. The predicted octanol–water partition coefficient (Wildman–Crippen LogP) is 16.9. The molecule has 0 unspecified atom stereocenters. The van der Waals surface area contributed by atoms with Gasteiger partial charge in [-0.2, -0.15) is 0 Å². The Labute approximate surface area is 363 Å². The van der Waals surface area contributed by atoms with Crippen molar-refractivity contribution in [3.05, 3.63) is 231 Å². The number of anilines is 3. The third kappa shape index (κ3) is 5.53. The number of aromatic nitrogens is 1. The van der Waals surface area contributed by atoms with Crippen LogP contribution < -0.4 is 4.90 Å². The van der Waals surface area contributed by atoms with Crippen molar-refractivity contribution in [1.29, 1.82) is 0 Å². The molecule has 63 heavy (non-hydrogen) atoms. The molecule has 13 aromatic rings. The molecule has 0 N–H and O–H groups in total. The van der Waals surface area contributed by atoms with E-state index in [9.17, 15) is 0 Å². The molecule has 3 heteroatoms. The first-order chi connectivity index (χ1) is 31.3. The van der Waals surface area contributed by atoms with Crippen molar-refractivity contribution in [2.45, 2.75) is 0 Å². The molecule has 0 saturated heterocycles. The van der Waals surface area contributed by atoms with Gasteiger partial charge in [0.25, 0.3) is 0 Å². The van der Waals surface area contributed by atoms with Gasteiger partial charge in [-0.25, -0.2) is 0 Å². The number of hydrogen-bond acceptors (Lipinski definition) is 2. The molecule has 3 nitrogen and oxygen atoms in total. The molecule has 2 heterocycles. The summed E-state index contributed by atoms with van der Waals surface area (Å²) in [4.78, 5) is 2.45. The highest BCUT2D eigenvalue weighted by molar-refractivity contribution is 6.23. The molecule has 0 amide bonds. The number of furan rings is 1. The Morgan fingerprint density at radius 1 is 0.365 bits per heavy atom. The van der Waals surface area contributed by atoms with Crippen LogP contribution >= 0.6 is 0 Å². The van der Waals surface area contributed by atoms with Crippen molar-refractivity contribution in [2.75, 3.05) is 4.90 Å². The van der Waals surface area contributed by atoms with Gasteiger partial charge >= 0.3 is 0 Å². The average molecular weight is 803 g/mol. The van der Waals surface area contributed by atoms with E-state index in [-0.39, 0.29) is 0 Å². The number of hydrogen-bond donors (Lipinski definition) is 0. The fourth-order valence-corrected chi connectivity index (χ4v) is 10.1. The lowest BCUT2D eigenvalue weighted by Crippen LogP contribution is -2.11. The van der Waals surface area contributed by atoms with E-state index < -0.39 is 0 Å². The van der Waals surface area contributed by atoms with Gasteiger partial charge in [0.05, 0.1) is 22.4 Å². The van der Waals surface area contributed by atoms with Crippen LogP contribution in [0, 0.1) is 0 Å². The SMILES string of the molecule is c1ccc(-c2ccc(-n3c4ccccc4c4c(N(c5ccc(-c6cc7ccccc7c7ccccc67)cc5)c5c6ccccc6cc6c5oc5ccccc56)cccc43)cc2)cc1. The molecule has 11 aromatic carbocycles. The standard InChI is InChI=1S/C60H38N2O/c1-2-15-39(16-3-1)40-29-33-44(34-30-40)61-54-25-12-10-24-51(54)58-55(61)26-14-27-56(58)62(59-47-20-7-5-18-43(47)38-53-50-23-11-13-28-57(50)63-60(53)59)45-35-31-41(32-36-45)52-37-42-17-4-6-19-46(42)48-21-8-9-22-49(48)52/h1-38H. The summed E-state index contributed by atoms with van der Waals surface area (Å²) in [7, 11) is 0. The van der Waals surface area contributed by atoms with E-state index in [4.69, 9.17) is 4.42 Å². The lowest BCUT2D eigenvalue weighted by molar-refractivity contribution is 0.669. The van der Waals surface area contributed by atoms with Crippen LogP contribution in [0.4, 0.5) is 17.1 Å². The first-order valence-corrected chi connectivity index (χ1v) is 21.6. The average Bonchev–Trinajstić information content (AvgIpc) is 3.90. The summed E-state index contributed by atoms with van der Waals surface area (Å²) in [5, 5.41) is 11.8. The van der Waals surface area contributed by atoms with E-state index in [1.807, 2.05) is 0 Å². The maximum atomic E-state index is 6.97. The highest BCUT2D eigenvalue weighted by Gasteiger charge is 2.26. The first-order valence-electron chi connectivity index (χ1n) is 21.6. The van der Waals surface area contributed by atoms with E-state index >= 15 is 0 Å². The molecule has 294 valence electrons. The minimum absolute atomic E-state index is 0.858. The summed E-state index contributed by atoms with van der Waals surface area (Å²) in [5.41, 5.74) is 13.0. The van der Waals surface area contributed by atoms with E-state index in [0.717, 1.165) is 66.5 Å².